The smallest absolute Gasteiger partial charge is 0.151 e. The second-order valence-electron chi connectivity index (χ2n) is 17.0. The van der Waals surface area contributed by atoms with E-state index in [1.54, 1.807) is 0 Å². The molecule has 0 saturated carbocycles. The number of nitrogens with zero attached hydrogens (tertiary/aromatic N) is 2. The highest BCUT2D eigenvalue weighted by Crippen LogP contribution is 2.61. The Bertz CT molecular complexity index is 2850. The Balaban J connectivity index is 0.00000201. The summed E-state index contributed by atoms with van der Waals surface area (Å²) in [5, 5.41) is 7.00. The minimum atomic E-state index is -0.198. The molecule has 8 aromatic carbocycles. The Morgan fingerprint density at radius 2 is 0.683 bits per heavy atom. The molecule has 0 aromatic heterocycles. The molecule has 12 rings (SSSR count). The summed E-state index contributed by atoms with van der Waals surface area (Å²) in [6, 6.07) is 61.6. The Morgan fingerprint density at radius 1 is 0.333 bits per heavy atom. The Morgan fingerprint density at radius 3 is 1.10 bits per heavy atom. The van der Waals surface area contributed by atoms with Gasteiger partial charge in [-0.05, 0) is 116 Å². The number of hydrogen-bond acceptors (Lipinski definition) is 5. The fraction of sp³-hybridized carbons (Fsp3) is 0.127. The van der Waals surface area contributed by atoms with Crippen molar-refractivity contribution in [3.05, 3.63) is 192 Å². The number of anilines is 6. The molecule has 1 N–H and O–H groups in total. The van der Waals surface area contributed by atoms with Crippen LogP contribution >= 0.6 is 0 Å². The zero-order chi connectivity index (χ0) is 40.9. The van der Waals surface area contributed by atoms with Crippen molar-refractivity contribution >= 4 is 34.1 Å². The molecule has 4 aliphatic rings. The molecule has 4 heterocycles. The van der Waals surface area contributed by atoms with Crippen molar-refractivity contribution in [2.24, 2.45) is 0 Å². The predicted octanol–water partition coefficient (Wildman–Crippen LogP) is 14.7. The molecule has 0 fully saturated rings. The van der Waals surface area contributed by atoms with Gasteiger partial charge in [0.1, 0.15) is 0 Å². The summed E-state index contributed by atoms with van der Waals surface area (Å²) in [4.78, 5) is 4.82. The highest BCUT2D eigenvalue weighted by molar-refractivity contribution is 5.96. The lowest BCUT2D eigenvalue weighted by Crippen LogP contribution is -2.32. The maximum Gasteiger partial charge on any atom is 0.151 e. The molecule has 292 valence electrons. The van der Waals surface area contributed by atoms with Crippen LogP contribution in [0, 0.1) is 0 Å². The van der Waals surface area contributed by atoms with Crippen molar-refractivity contribution in [2.45, 2.75) is 38.5 Å². The van der Waals surface area contributed by atoms with Crippen LogP contribution in [0.4, 0.5) is 34.1 Å². The van der Waals surface area contributed by atoms with E-state index >= 15 is 0 Å². The van der Waals surface area contributed by atoms with Crippen molar-refractivity contribution < 1.29 is 14.6 Å². The van der Waals surface area contributed by atoms with Gasteiger partial charge in [-0.25, -0.2) is 0 Å². The molecule has 60 heavy (non-hydrogen) atoms. The monoisotopic (exact) mass is 780 g/mol. The van der Waals surface area contributed by atoms with Gasteiger partial charge in [-0.2, -0.15) is 0 Å². The highest BCUT2D eigenvalue weighted by Gasteiger charge is 2.43. The van der Waals surface area contributed by atoms with Crippen LogP contribution in [0.25, 0.3) is 33.4 Å². The second kappa shape index (κ2) is 13.2. The summed E-state index contributed by atoms with van der Waals surface area (Å²) in [6.07, 6.45) is 0. The topological polar surface area (TPSA) is 45.2 Å². The molecule has 0 unspecified atom stereocenters. The van der Waals surface area contributed by atoms with Crippen LogP contribution in [0.2, 0.25) is 0 Å². The minimum absolute atomic E-state index is 0.198. The number of aliphatic hydroxyl groups is 1. The standard InChI is InChI=1S/C54H40N2O2.CH4O/c1-53(2)39-27-25-37(31-45(39)55-43-19-5-7-21-47(43)57-49-23-11-17-41(53)51(49)55)35-15-9-13-33(29-35)34-14-10-16-36(30-34)38-26-28-40-46(32-38)56-44-20-6-8-22-48(44)58-50-24-12-18-42(52(50)56)54(40,3)4;1-2/h5-32H,1-4H3;2H,1H3. The summed E-state index contributed by atoms with van der Waals surface area (Å²) in [5.74, 6) is 3.54. The SMILES string of the molecule is CC1(C)c2ccc(-c3cccc(-c4cccc(-c5ccc6c(c5)N5c7ccccc7Oc7cccc(c75)C6(C)C)c4)c3)cc2N2c3ccccc3Oc3cccc1c32.CO. The first-order valence-electron chi connectivity index (χ1n) is 20.6. The van der Waals surface area contributed by atoms with E-state index in [1.165, 1.54) is 67.0 Å². The molecule has 8 aromatic rings. The van der Waals surface area contributed by atoms with E-state index in [2.05, 4.69) is 195 Å². The summed E-state index contributed by atoms with van der Waals surface area (Å²) in [5.41, 5.74) is 18.6. The summed E-state index contributed by atoms with van der Waals surface area (Å²) in [6.45, 7) is 9.30. The van der Waals surface area contributed by atoms with Gasteiger partial charge in [-0.15, -0.1) is 0 Å². The van der Waals surface area contributed by atoms with Gasteiger partial charge >= 0.3 is 0 Å². The molecule has 0 bridgehead atoms. The molecule has 0 radical (unpaired) electrons. The molecule has 4 aliphatic heterocycles. The zero-order valence-corrected chi connectivity index (χ0v) is 34.3. The summed E-state index contributed by atoms with van der Waals surface area (Å²) >= 11 is 0. The second-order valence-corrected chi connectivity index (χ2v) is 17.0. The van der Waals surface area contributed by atoms with Gasteiger partial charge in [0.25, 0.3) is 0 Å². The third-order valence-electron chi connectivity index (χ3n) is 13.0. The summed E-state index contributed by atoms with van der Waals surface area (Å²) in [7, 11) is 1.00. The third-order valence-corrected chi connectivity index (χ3v) is 13.0. The van der Waals surface area contributed by atoms with E-state index in [4.69, 9.17) is 14.6 Å². The van der Waals surface area contributed by atoms with Crippen molar-refractivity contribution in [1.29, 1.82) is 0 Å². The van der Waals surface area contributed by atoms with Crippen LogP contribution in [0.15, 0.2) is 170 Å². The Labute approximate surface area is 351 Å². The van der Waals surface area contributed by atoms with Gasteiger partial charge in [0, 0.05) is 17.9 Å². The first-order chi connectivity index (χ1) is 29.3. The Kier molecular flexibility index (Phi) is 7.94. The summed E-state index contributed by atoms with van der Waals surface area (Å²) < 4.78 is 13.0. The van der Waals surface area contributed by atoms with E-state index in [0.717, 1.165) is 52.9 Å². The molecular weight excluding hydrogens is 737 g/mol. The molecule has 0 spiro atoms. The molecule has 5 heteroatoms. The molecule has 0 atom stereocenters. The van der Waals surface area contributed by atoms with Crippen LogP contribution in [-0.4, -0.2) is 12.2 Å². The van der Waals surface area contributed by atoms with E-state index < -0.39 is 0 Å². The molecule has 0 aliphatic carbocycles. The molecular formula is C55H44N2O3. The quantitative estimate of drug-likeness (QED) is 0.193. The largest absolute Gasteiger partial charge is 0.453 e. The normalized spacial score (nSPS) is 15.0. The first kappa shape index (κ1) is 36.0. The number of aliphatic hydroxyl groups excluding tert-OH is 1. The van der Waals surface area contributed by atoms with Crippen molar-refractivity contribution in [3.8, 4) is 56.4 Å². The maximum atomic E-state index is 7.00. The number of ether oxygens (including phenoxy) is 2. The molecule has 5 nitrogen and oxygen atoms in total. The van der Waals surface area contributed by atoms with Gasteiger partial charge < -0.3 is 24.4 Å². The lowest BCUT2D eigenvalue weighted by Gasteiger charge is -2.45. The van der Waals surface area contributed by atoms with Gasteiger partial charge in [-0.3, -0.25) is 0 Å². The Hall–Kier alpha value is -7.08. The van der Waals surface area contributed by atoms with E-state index in [0.29, 0.717) is 0 Å². The van der Waals surface area contributed by atoms with Crippen LogP contribution in [-0.2, 0) is 10.8 Å². The van der Waals surface area contributed by atoms with Gasteiger partial charge in [0.2, 0.25) is 0 Å². The van der Waals surface area contributed by atoms with Gasteiger partial charge in [0.15, 0.2) is 23.0 Å². The fourth-order valence-electron chi connectivity index (χ4n) is 10.0. The first-order valence-corrected chi connectivity index (χ1v) is 20.6. The predicted molar refractivity (Wildman–Crippen MR) is 245 cm³/mol. The van der Waals surface area contributed by atoms with E-state index in [9.17, 15) is 0 Å². The average Bonchev–Trinajstić information content (AvgIpc) is 3.29. The third kappa shape index (κ3) is 5.15. The highest BCUT2D eigenvalue weighted by atomic mass is 16.5. The number of hydrogen-bond donors (Lipinski definition) is 1. The fourth-order valence-corrected chi connectivity index (χ4v) is 10.0. The van der Waals surface area contributed by atoms with Gasteiger partial charge in [0.05, 0.1) is 34.1 Å². The van der Waals surface area contributed by atoms with E-state index in [1.807, 2.05) is 12.1 Å². The number of fused-ring (bicyclic) bond motifs is 8. The number of para-hydroxylation sites is 6. The van der Waals surface area contributed by atoms with Crippen molar-refractivity contribution in [1.82, 2.24) is 0 Å². The average molecular weight is 781 g/mol. The van der Waals surface area contributed by atoms with Crippen molar-refractivity contribution in [3.63, 3.8) is 0 Å². The maximum absolute atomic E-state index is 7.00. The van der Waals surface area contributed by atoms with Gasteiger partial charge in [-0.1, -0.05) is 137 Å². The zero-order valence-electron chi connectivity index (χ0n) is 34.3. The van der Waals surface area contributed by atoms with Crippen LogP contribution < -0.4 is 19.3 Å². The van der Waals surface area contributed by atoms with E-state index in [-0.39, 0.29) is 10.8 Å². The molecule has 0 amide bonds. The number of benzene rings is 8. The lowest BCUT2D eigenvalue weighted by atomic mass is 9.72. The lowest BCUT2D eigenvalue weighted by molar-refractivity contribution is 0.399. The van der Waals surface area contributed by atoms with Crippen LogP contribution in [0.5, 0.6) is 23.0 Å². The van der Waals surface area contributed by atoms with Crippen LogP contribution in [0.3, 0.4) is 0 Å². The minimum Gasteiger partial charge on any atom is -0.453 e. The number of rotatable bonds is 3. The van der Waals surface area contributed by atoms with Crippen LogP contribution in [0.1, 0.15) is 49.9 Å². The van der Waals surface area contributed by atoms with Crippen molar-refractivity contribution in [2.75, 3.05) is 16.9 Å². The molecule has 0 saturated heterocycles.